The van der Waals surface area contributed by atoms with E-state index in [-0.39, 0.29) is 16.1 Å². The number of aryl methyl sites for hydroxylation is 2. The molecular weight excluding hydrogens is 246 g/mol. The highest BCUT2D eigenvalue weighted by molar-refractivity contribution is 5.61. The van der Waals surface area contributed by atoms with Crippen molar-refractivity contribution < 1.29 is 4.92 Å². The van der Waals surface area contributed by atoms with Crippen molar-refractivity contribution in [1.82, 2.24) is 9.78 Å². The molecule has 7 nitrogen and oxygen atoms in total. The summed E-state index contributed by atoms with van der Waals surface area (Å²) in [6, 6.07) is 0. The first-order valence-corrected chi connectivity index (χ1v) is 6.73. The average Bonchev–Trinajstić information content (AvgIpc) is 2.95. The summed E-state index contributed by atoms with van der Waals surface area (Å²) in [5, 5.41) is 18.8. The third-order valence-corrected chi connectivity index (χ3v) is 3.91. The molecule has 0 spiro atoms. The minimum absolute atomic E-state index is 0.0709. The zero-order valence-corrected chi connectivity index (χ0v) is 11.5. The van der Waals surface area contributed by atoms with Crippen LogP contribution in [0.15, 0.2) is 0 Å². The van der Waals surface area contributed by atoms with E-state index in [2.05, 4.69) is 10.4 Å². The molecule has 0 bridgehead atoms. The number of hydrogen-bond donors (Lipinski definition) is 2. The summed E-state index contributed by atoms with van der Waals surface area (Å²) in [5.41, 5.74) is 6.18. The predicted molar refractivity (Wildman–Crippen MR) is 73.2 cm³/mol. The Morgan fingerprint density at radius 1 is 1.53 bits per heavy atom. The molecule has 1 heterocycles. The molecule has 0 radical (unpaired) electrons. The smallest absolute Gasteiger partial charge is 0.333 e. The minimum Gasteiger partial charge on any atom is -0.358 e. The molecular formula is C12H21N5O2. The second kappa shape index (κ2) is 5.16. The molecule has 0 unspecified atom stereocenters. The molecule has 0 aromatic carbocycles. The molecule has 1 fully saturated rings. The zero-order valence-electron chi connectivity index (χ0n) is 11.5. The van der Waals surface area contributed by atoms with Gasteiger partial charge in [0, 0.05) is 13.1 Å². The first-order chi connectivity index (χ1) is 9.03. The van der Waals surface area contributed by atoms with Crippen molar-refractivity contribution in [1.29, 1.82) is 0 Å². The van der Waals surface area contributed by atoms with Crippen molar-refractivity contribution in [3.05, 3.63) is 15.8 Å². The highest BCUT2D eigenvalue weighted by Crippen LogP contribution is 2.36. The molecule has 19 heavy (non-hydrogen) atoms. The Hall–Kier alpha value is -1.63. The van der Waals surface area contributed by atoms with E-state index in [1.807, 2.05) is 6.92 Å². The van der Waals surface area contributed by atoms with E-state index in [9.17, 15) is 10.1 Å². The molecule has 0 amide bonds. The van der Waals surface area contributed by atoms with Crippen LogP contribution < -0.4 is 11.1 Å². The number of anilines is 1. The second-order valence-corrected chi connectivity index (χ2v) is 5.17. The number of hydrogen-bond acceptors (Lipinski definition) is 5. The van der Waals surface area contributed by atoms with Crippen molar-refractivity contribution in [2.75, 3.05) is 11.9 Å². The highest BCUT2D eigenvalue weighted by atomic mass is 16.6. The monoisotopic (exact) mass is 267 g/mol. The minimum atomic E-state index is -0.365. The standard InChI is InChI=1S/C12H21N5O2/c1-3-16-11(10(17(18)19)9(2)15-16)14-12(8-13)6-4-5-7-12/h14H,3-8,13H2,1-2H3. The number of aromatic nitrogens is 2. The number of nitro groups is 1. The molecule has 1 aliphatic rings. The lowest BCUT2D eigenvalue weighted by Crippen LogP contribution is -2.43. The quantitative estimate of drug-likeness (QED) is 0.626. The van der Waals surface area contributed by atoms with Crippen molar-refractivity contribution in [2.45, 2.75) is 51.6 Å². The Morgan fingerprint density at radius 2 is 2.16 bits per heavy atom. The van der Waals surface area contributed by atoms with E-state index in [0.29, 0.717) is 24.6 Å². The van der Waals surface area contributed by atoms with Gasteiger partial charge in [0.1, 0.15) is 5.69 Å². The van der Waals surface area contributed by atoms with Gasteiger partial charge in [-0.2, -0.15) is 5.10 Å². The first kappa shape index (κ1) is 13.8. The van der Waals surface area contributed by atoms with Gasteiger partial charge in [0.15, 0.2) is 0 Å². The summed E-state index contributed by atoms with van der Waals surface area (Å²) in [4.78, 5) is 10.9. The van der Waals surface area contributed by atoms with Gasteiger partial charge >= 0.3 is 5.69 Å². The predicted octanol–water partition coefficient (Wildman–Crippen LogP) is 1.80. The number of rotatable bonds is 5. The molecule has 2 rings (SSSR count). The van der Waals surface area contributed by atoms with Crippen LogP contribution in [0.5, 0.6) is 0 Å². The fourth-order valence-corrected chi connectivity index (χ4v) is 2.83. The molecule has 0 atom stereocenters. The van der Waals surface area contributed by atoms with Crippen LogP contribution in [0.25, 0.3) is 0 Å². The molecule has 0 aliphatic heterocycles. The van der Waals surface area contributed by atoms with Crippen LogP contribution in [0, 0.1) is 17.0 Å². The molecule has 0 saturated heterocycles. The van der Waals surface area contributed by atoms with Crippen LogP contribution in [0.2, 0.25) is 0 Å². The van der Waals surface area contributed by atoms with Crippen molar-refractivity contribution in [3.8, 4) is 0 Å². The fraction of sp³-hybridized carbons (Fsp3) is 0.750. The molecule has 3 N–H and O–H groups in total. The average molecular weight is 267 g/mol. The van der Waals surface area contributed by atoms with Crippen LogP contribution in [-0.2, 0) is 6.54 Å². The summed E-state index contributed by atoms with van der Waals surface area (Å²) >= 11 is 0. The summed E-state index contributed by atoms with van der Waals surface area (Å²) < 4.78 is 1.66. The van der Waals surface area contributed by atoms with Crippen LogP contribution in [0.3, 0.4) is 0 Å². The van der Waals surface area contributed by atoms with Gasteiger partial charge in [-0.25, -0.2) is 4.68 Å². The Bertz CT molecular complexity index is 477. The van der Waals surface area contributed by atoms with Gasteiger partial charge in [-0.15, -0.1) is 0 Å². The van der Waals surface area contributed by atoms with Crippen LogP contribution in [0.4, 0.5) is 11.5 Å². The normalized spacial score (nSPS) is 17.6. The topological polar surface area (TPSA) is 99.0 Å². The second-order valence-electron chi connectivity index (χ2n) is 5.17. The van der Waals surface area contributed by atoms with E-state index >= 15 is 0 Å². The van der Waals surface area contributed by atoms with E-state index < -0.39 is 0 Å². The first-order valence-electron chi connectivity index (χ1n) is 6.73. The summed E-state index contributed by atoms with van der Waals surface area (Å²) in [5.74, 6) is 0.498. The largest absolute Gasteiger partial charge is 0.358 e. The van der Waals surface area contributed by atoms with Crippen molar-refractivity contribution in [3.63, 3.8) is 0 Å². The molecule has 1 aromatic heterocycles. The third kappa shape index (κ3) is 2.42. The Kier molecular flexibility index (Phi) is 3.75. The fourth-order valence-electron chi connectivity index (χ4n) is 2.83. The van der Waals surface area contributed by atoms with Gasteiger partial charge in [-0.3, -0.25) is 10.1 Å². The lowest BCUT2D eigenvalue weighted by atomic mass is 9.98. The zero-order chi connectivity index (χ0) is 14.0. The SMILES string of the molecule is CCn1nc(C)c([N+](=O)[O-])c1NC1(CN)CCCC1. The van der Waals surface area contributed by atoms with Gasteiger partial charge in [0.05, 0.1) is 10.5 Å². The van der Waals surface area contributed by atoms with Gasteiger partial charge in [0.25, 0.3) is 0 Å². The maximum Gasteiger partial charge on any atom is 0.333 e. The molecule has 1 saturated carbocycles. The molecule has 7 heteroatoms. The maximum absolute atomic E-state index is 11.2. The number of nitrogens with one attached hydrogen (secondary N) is 1. The summed E-state index contributed by atoms with van der Waals surface area (Å²) in [7, 11) is 0. The van der Waals surface area contributed by atoms with E-state index in [1.165, 1.54) is 0 Å². The summed E-state index contributed by atoms with van der Waals surface area (Å²) in [6.07, 6.45) is 4.12. The Morgan fingerprint density at radius 3 is 2.63 bits per heavy atom. The third-order valence-electron chi connectivity index (χ3n) is 3.91. The van der Waals surface area contributed by atoms with Crippen molar-refractivity contribution >= 4 is 11.5 Å². The van der Waals surface area contributed by atoms with Gasteiger partial charge in [-0.05, 0) is 26.7 Å². The maximum atomic E-state index is 11.2. The van der Waals surface area contributed by atoms with Gasteiger partial charge in [0.2, 0.25) is 5.82 Å². The Labute approximate surface area is 112 Å². The van der Waals surface area contributed by atoms with E-state index in [0.717, 1.165) is 25.7 Å². The van der Waals surface area contributed by atoms with Crippen LogP contribution in [0.1, 0.15) is 38.3 Å². The lowest BCUT2D eigenvalue weighted by molar-refractivity contribution is -0.384. The molecule has 1 aromatic rings. The van der Waals surface area contributed by atoms with Gasteiger partial charge < -0.3 is 11.1 Å². The Balaban J connectivity index is 2.40. The van der Waals surface area contributed by atoms with E-state index in [1.54, 1.807) is 11.6 Å². The van der Waals surface area contributed by atoms with E-state index in [4.69, 9.17) is 5.73 Å². The molecule has 1 aliphatic carbocycles. The molecule has 106 valence electrons. The van der Waals surface area contributed by atoms with Crippen LogP contribution in [-0.4, -0.2) is 26.8 Å². The number of nitrogens with zero attached hydrogens (tertiary/aromatic N) is 3. The van der Waals surface area contributed by atoms with Crippen LogP contribution >= 0.6 is 0 Å². The summed E-state index contributed by atoms with van der Waals surface area (Å²) in [6.45, 7) is 4.67. The number of nitrogens with two attached hydrogens (primary N) is 1. The lowest BCUT2D eigenvalue weighted by Gasteiger charge is -2.29. The van der Waals surface area contributed by atoms with Crippen molar-refractivity contribution in [2.24, 2.45) is 5.73 Å². The highest BCUT2D eigenvalue weighted by Gasteiger charge is 2.36. The van der Waals surface area contributed by atoms with Gasteiger partial charge in [-0.1, -0.05) is 12.8 Å².